The molecule has 0 atom stereocenters. The lowest BCUT2D eigenvalue weighted by atomic mass is 10.1. The van der Waals surface area contributed by atoms with Crippen molar-refractivity contribution >= 4 is 44.9 Å². The molecule has 0 radical (unpaired) electrons. The predicted octanol–water partition coefficient (Wildman–Crippen LogP) is 5.85. The second-order valence-corrected chi connectivity index (χ2v) is 5.53. The molecule has 3 aromatic carbocycles. The normalized spacial score (nSPS) is 11.5. The molecule has 4 nitrogen and oxygen atoms in total. The zero-order valence-electron chi connectivity index (χ0n) is 12.0. The van der Waals surface area contributed by atoms with Crippen molar-refractivity contribution in [3.63, 3.8) is 0 Å². The fourth-order valence-corrected chi connectivity index (χ4v) is 2.48. The Kier molecular flexibility index (Phi) is 3.44. The summed E-state index contributed by atoms with van der Waals surface area (Å²) in [5.74, 6) is 0.475. The lowest BCUT2D eigenvalue weighted by molar-refractivity contribution is 1.15. The summed E-state index contributed by atoms with van der Waals surface area (Å²) in [4.78, 5) is 8.93. The molecule has 0 N–H and O–H groups in total. The number of benzene rings is 3. The van der Waals surface area contributed by atoms with Gasteiger partial charge in [0.15, 0.2) is 5.82 Å². The Bertz CT molecular complexity index is 1030. The molecule has 0 unspecified atom stereocenters. The third-order valence-electron chi connectivity index (χ3n) is 3.49. The average molecular weight is 319 g/mol. The molecule has 1 heterocycles. The first-order chi connectivity index (χ1) is 11.3. The minimum absolute atomic E-state index is 0.475. The van der Waals surface area contributed by atoms with Crippen molar-refractivity contribution in [3.05, 3.63) is 71.9 Å². The van der Waals surface area contributed by atoms with Crippen LogP contribution in [0.2, 0.25) is 5.02 Å². The summed E-state index contributed by atoms with van der Waals surface area (Å²) < 4.78 is 0. The van der Waals surface area contributed by atoms with Crippen molar-refractivity contribution in [1.29, 1.82) is 0 Å². The smallest absolute Gasteiger partial charge is 0.193 e. The molecule has 0 aliphatic carbocycles. The molecule has 110 valence electrons. The van der Waals surface area contributed by atoms with Crippen LogP contribution < -0.4 is 0 Å². The Morgan fingerprint density at radius 2 is 1.48 bits per heavy atom. The maximum Gasteiger partial charge on any atom is 0.193 e. The van der Waals surface area contributed by atoms with E-state index in [9.17, 15) is 0 Å². The Morgan fingerprint density at radius 3 is 2.22 bits per heavy atom. The SMILES string of the molecule is Clc1ccc(N=Nc2cnc3cc4ccccc4cc3n2)cc1. The fourth-order valence-electron chi connectivity index (χ4n) is 2.35. The molecule has 0 aliphatic heterocycles. The van der Waals surface area contributed by atoms with E-state index < -0.39 is 0 Å². The van der Waals surface area contributed by atoms with Crippen molar-refractivity contribution in [2.75, 3.05) is 0 Å². The van der Waals surface area contributed by atoms with Crippen LogP contribution in [0, 0.1) is 0 Å². The number of fused-ring (bicyclic) bond motifs is 2. The van der Waals surface area contributed by atoms with Gasteiger partial charge in [0.25, 0.3) is 0 Å². The van der Waals surface area contributed by atoms with Crippen LogP contribution in [0.3, 0.4) is 0 Å². The van der Waals surface area contributed by atoms with Crippen LogP contribution in [0.25, 0.3) is 21.8 Å². The highest BCUT2D eigenvalue weighted by atomic mass is 35.5. The molecule has 0 saturated heterocycles. The van der Waals surface area contributed by atoms with Crippen LogP contribution in [0.15, 0.2) is 77.1 Å². The van der Waals surface area contributed by atoms with Crippen LogP contribution in [-0.2, 0) is 0 Å². The van der Waals surface area contributed by atoms with Gasteiger partial charge in [0.05, 0.1) is 22.9 Å². The van der Waals surface area contributed by atoms with Gasteiger partial charge >= 0.3 is 0 Å². The number of nitrogens with zero attached hydrogens (tertiary/aromatic N) is 4. The van der Waals surface area contributed by atoms with Gasteiger partial charge in [-0.2, -0.15) is 0 Å². The summed E-state index contributed by atoms with van der Waals surface area (Å²) in [5.41, 5.74) is 2.36. The van der Waals surface area contributed by atoms with Gasteiger partial charge < -0.3 is 0 Å². The Balaban J connectivity index is 1.73. The maximum absolute atomic E-state index is 5.85. The van der Waals surface area contributed by atoms with Crippen LogP contribution in [0.5, 0.6) is 0 Å². The summed E-state index contributed by atoms with van der Waals surface area (Å²) in [6.45, 7) is 0. The second kappa shape index (κ2) is 5.74. The average Bonchev–Trinajstić information content (AvgIpc) is 2.59. The molecule has 0 aliphatic rings. The van der Waals surface area contributed by atoms with E-state index >= 15 is 0 Å². The number of hydrogen-bond donors (Lipinski definition) is 0. The third-order valence-corrected chi connectivity index (χ3v) is 3.74. The summed E-state index contributed by atoms with van der Waals surface area (Å²) in [7, 11) is 0. The molecule has 0 bridgehead atoms. The minimum atomic E-state index is 0.475. The van der Waals surface area contributed by atoms with Gasteiger partial charge in [0.1, 0.15) is 0 Å². The number of rotatable bonds is 2. The molecular formula is C18H11ClN4. The zero-order chi connectivity index (χ0) is 15.6. The first-order valence-electron chi connectivity index (χ1n) is 7.11. The van der Waals surface area contributed by atoms with E-state index in [0.717, 1.165) is 27.5 Å². The van der Waals surface area contributed by atoms with Crippen molar-refractivity contribution < 1.29 is 0 Å². The number of aromatic nitrogens is 2. The van der Waals surface area contributed by atoms with E-state index in [0.29, 0.717) is 10.8 Å². The van der Waals surface area contributed by atoms with Gasteiger partial charge in [-0.1, -0.05) is 35.9 Å². The van der Waals surface area contributed by atoms with Gasteiger partial charge in [-0.05, 0) is 47.2 Å². The predicted molar refractivity (Wildman–Crippen MR) is 92.7 cm³/mol. The molecule has 4 rings (SSSR count). The van der Waals surface area contributed by atoms with E-state index in [2.05, 4.69) is 32.3 Å². The molecular weight excluding hydrogens is 308 g/mol. The first kappa shape index (κ1) is 13.8. The molecule has 23 heavy (non-hydrogen) atoms. The van der Waals surface area contributed by atoms with E-state index in [-0.39, 0.29) is 0 Å². The quantitative estimate of drug-likeness (QED) is 0.344. The highest BCUT2D eigenvalue weighted by Crippen LogP contribution is 2.23. The number of halogens is 1. The highest BCUT2D eigenvalue weighted by molar-refractivity contribution is 6.30. The molecule has 5 heteroatoms. The Morgan fingerprint density at radius 1 is 0.783 bits per heavy atom. The maximum atomic E-state index is 5.85. The van der Waals surface area contributed by atoms with Gasteiger partial charge in [-0.15, -0.1) is 10.2 Å². The topological polar surface area (TPSA) is 50.5 Å². The van der Waals surface area contributed by atoms with Gasteiger partial charge in [0.2, 0.25) is 0 Å². The van der Waals surface area contributed by atoms with Crippen molar-refractivity contribution in [3.8, 4) is 0 Å². The lowest BCUT2D eigenvalue weighted by Crippen LogP contribution is -1.84. The minimum Gasteiger partial charge on any atom is -0.251 e. The van der Waals surface area contributed by atoms with Crippen LogP contribution >= 0.6 is 11.6 Å². The molecule has 0 amide bonds. The fraction of sp³-hybridized carbons (Fsp3) is 0. The summed E-state index contributed by atoms with van der Waals surface area (Å²) >= 11 is 5.85. The molecule has 0 saturated carbocycles. The van der Waals surface area contributed by atoms with Crippen molar-refractivity contribution in [2.45, 2.75) is 0 Å². The summed E-state index contributed by atoms with van der Waals surface area (Å²) in [6.07, 6.45) is 1.62. The van der Waals surface area contributed by atoms with Gasteiger partial charge in [0, 0.05) is 5.02 Å². The van der Waals surface area contributed by atoms with E-state index in [1.165, 1.54) is 0 Å². The molecule has 1 aromatic heterocycles. The van der Waals surface area contributed by atoms with Crippen LogP contribution in [0.1, 0.15) is 0 Å². The Labute approximate surface area is 137 Å². The molecule has 0 spiro atoms. The summed E-state index contributed by atoms with van der Waals surface area (Å²) in [5, 5.41) is 11.2. The van der Waals surface area contributed by atoms with Crippen LogP contribution in [-0.4, -0.2) is 9.97 Å². The standard InChI is InChI=1S/C18H11ClN4/c19-14-5-7-15(8-6-14)22-23-18-11-20-16-9-12-3-1-2-4-13(12)10-17(16)21-18/h1-11H. The monoisotopic (exact) mass is 318 g/mol. The largest absolute Gasteiger partial charge is 0.251 e. The van der Waals surface area contributed by atoms with Gasteiger partial charge in [-0.3, -0.25) is 4.98 Å². The van der Waals surface area contributed by atoms with E-state index in [4.69, 9.17) is 11.6 Å². The molecule has 4 aromatic rings. The zero-order valence-corrected chi connectivity index (χ0v) is 12.8. The van der Waals surface area contributed by atoms with E-state index in [1.807, 2.05) is 24.3 Å². The third kappa shape index (κ3) is 2.89. The molecule has 0 fully saturated rings. The highest BCUT2D eigenvalue weighted by Gasteiger charge is 2.02. The van der Waals surface area contributed by atoms with Crippen molar-refractivity contribution in [1.82, 2.24) is 9.97 Å². The number of azo groups is 1. The number of hydrogen-bond acceptors (Lipinski definition) is 4. The Hall–Kier alpha value is -2.85. The van der Waals surface area contributed by atoms with Crippen molar-refractivity contribution in [2.24, 2.45) is 10.2 Å². The van der Waals surface area contributed by atoms with Gasteiger partial charge in [-0.25, -0.2) is 4.98 Å². The van der Waals surface area contributed by atoms with Crippen LogP contribution in [0.4, 0.5) is 11.5 Å². The lowest BCUT2D eigenvalue weighted by Gasteiger charge is -2.01. The first-order valence-corrected chi connectivity index (χ1v) is 7.49. The van der Waals surface area contributed by atoms with E-state index in [1.54, 1.807) is 30.5 Å². The summed E-state index contributed by atoms with van der Waals surface area (Å²) in [6, 6.07) is 19.3. The second-order valence-electron chi connectivity index (χ2n) is 5.09.